The normalized spacial score (nSPS) is 10.5. The molecule has 0 fully saturated rings. The van der Waals surface area contributed by atoms with Crippen LogP contribution in [-0.4, -0.2) is 16.8 Å². The number of nitrogens with one attached hydrogen (secondary N) is 1. The first-order chi connectivity index (χ1) is 11.7. The van der Waals surface area contributed by atoms with E-state index in [9.17, 15) is 0 Å². The molecule has 5 heteroatoms. The smallest absolute Gasteiger partial charge is 0.130 e. The van der Waals surface area contributed by atoms with E-state index in [1.807, 2.05) is 54.6 Å². The number of nitrogens with two attached hydrogens (primary N) is 1. The minimum atomic E-state index is 0.425. The van der Waals surface area contributed by atoms with Gasteiger partial charge in [0.2, 0.25) is 0 Å². The molecule has 3 aromatic rings. The van der Waals surface area contributed by atoms with Gasteiger partial charge in [-0.3, -0.25) is 5.10 Å². The van der Waals surface area contributed by atoms with Gasteiger partial charge in [0.1, 0.15) is 18.1 Å². The molecule has 0 unspecified atom stereocenters. The first-order valence-electron chi connectivity index (χ1n) is 8.00. The lowest BCUT2D eigenvalue weighted by Gasteiger charge is -2.04. The van der Waals surface area contributed by atoms with Crippen molar-refractivity contribution >= 4 is 5.69 Å². The van der Waals surface area contributed by atoms with Crippen molar-refractivity contribution in [3.05, 3.63) is 60.3 Å². The van der Waals surface area contributed by atoms with Gasteiger partial charge in [0.15, 0.2) is 0 Å². The molecule has 3 rings (SSSR count). The number of hydrogen-bond donors (Lipinski definition) is 2. The van der Waals surface area contributed by atoms with E-state index in [0.717, 1.165) is 47.2 Å². The van der Waals surface area contributed by atoms with Gasteiger partial charge in [-0.15, -0.1) is 0 Å². The topological polar surface area (TPSA) is 73.2 Å². The maximum atomic E-state index is 5.71. The van der Waals surface area contributed by atoms with Crippen molar-refractivity contribution in [3.8, 4) is 22.8 Å². The van der Waals surface area contributed by atoms with Crippen molar-refractivity contribution in [1.82, 2.24) is 10.2 Å². The van der Waals surface area contributed by atoms with Gasteiger partial charge in [-0.1, -0.05) is 6.92 Å². The summed E-state index contributed by atoms with van der Waals surface area (Å²) < 4.78 is 11.3. The molecule has 3 N–H and O–H groups in total. The molecule has 0 bridgehead atoms. The largest absolute Gasteiger partial charge is 0.494 e. The molecule has 1 heterocycles. The highest BCUT2D eigenvalue weighted by atomic mass is 16.5. The van der Waals surface area contributed by atoms with E-state index in [1.165, 1.54) is 0 Å². The lowest BCUT2D eigenvalue weighted by atomic mass is 10.1. The average molecular weight is 323 g/mol. The summed E-state index contributed by atoms with van der Waals surface area (Å²) in [5.41, 5.74) is 9.21. The molecule has 0 saturated heterocycles. The van der Waals surface area contributed by atoms with Crippen LogP contribution < -0.4 is 15.2 Å². The third-order valence-electron chi connectivity index (χ3n) is 3.53. The van der Waals surface area contributed by atoms with Gasteiger partial charge in [-0.05, 0) is 61.0 Å². The fourth-order valence-corrected chi connectivity index (χ4v) is 2.25. The zero-order valence-electron chi connectivity index (χ0n) is 13.7. The van der Waals surface area contributed by atoms with Crippen LogP contribution in [0.2, 0.25) is 0 Å². The third-order valence-corrected chi connectivity index (χ3v) is 3.53. The van der Waals surface area contributed by atoms with E-state index in [2.05, 4.69) is 17.1 Å². The fraction of sp³-hybridized carbons (Fsp3) is 0.211. The van der Waals surface area contributed by atoms with Gasteiger partial charge in [-0.25, -0.2) is 0 Å². The molecule has 0 spiro atoms. The first-order valence-corrected chi connectivity index (χ1v) is 8.00. The number of nitrogen functional groups attached to an aromatic ring is 1. The van der Waals surface area contributed by atoms with Crippen molar-refractivity contribution in [2.24, 2.45) is 0 Å². The van der Waals surface area contributed by atoms with Crippen LogP contribution in [-0.2, 0) is 6.61 Å². The lowest BCUT2D eigenvalue weighted by Crippen LogP contribution is -1.95. The van der Waals surface area contributed by atoms with Crippen molar-refractivity contribution < 1.29 is 9.47 Å². The maximum Gasteiger partial charge on any atom is 0.130 e. The quantitative estimate of drug-likeness (QED) is 0.644. The molecule has 1 aromatic heterocycles. The van der Waals surface area contributed by atoms with Crippen LogP contribution >= 0.6 is 0 Å². The van der Waals surface area contributed by atoms with Crippen LogP contribution in [0.5, 0.6) is 11.5 Å². The van der Waals surface area contributed by atoms with Crippen LogP contribution in [0.3, 0.4) is 0 Å². The Balaban J connectivity index is 1.61. The summed E-state index contributed by atoms with van der Waals surface area (Å²) in [6.45, 7) is 3.25. The van der Waals surface area contributed by atoms with Crippen molar-refractivity contribution in [1.29, 1.82) is 0 Å². The molecular weight excluding hydrogens is 302 g/mol. The number of aromatic amines is 1. The van der Waals surface area contributed by atoms with Crippen molar-refractivity contribution in [2.45, 2.75) is 20.0 Å². The summed E-state index contributed by atoms with van der Waals surface area (Å²) in [6.07, 6.45) is 0.998. The van der Waals surface area contributed by atoms with Gasteiger partial charge >= 0.3 is 0 Å². The molecule has 0 aliphatic heterocycles. The Morgan fingerprint density at radius 3 is 2.33 bits per heavy atom. The number of H-pyrrole nitrogens is 1. The predicted molar refractivity (Wildman–Crippen MR) is 95.0 cm³/mol. The minimum absolute atomic E-state index is 0.425. The SMILES string of the molecule is CCCOc1ccc(-c2cc(COc3ccc(N)cc3)[nH]n2)cc1. The Morgan fingerprint density at radius 2 is 1.62 bits per heavy atom. The molecule has 0 amide bonds. The van der Waals surface area contributed by atoms with Gasteiger partial charge in [0, 0.05) is 11.3 Å². The number of ether oxygens (including phenoxy) is 2. The van der Waals surface area contributed by atoms with E-state index >= 15 is 0 Å². The molecule has 5 nitrogen and oxygen atoms in total. The highest BCUT2D eigenvalue weighted by Gasteiger charge is 2.05. The zero-order valence-corrected chi connectivity index (χ0v) is 13.7. The van der Waals surface area contributed by atoms with Gasteiger partial charge in [0.05, 0.1) is 18.0 Å². The Labute approximate surface area is 141 Å². The Bertz CT molecular complexity index is 764. The molecule has 0 aliphatic carbocycles. The molecule has 0 atom stereocenters. The number of aromatic nitrogens is 2. The van der Waals surface area contributed by atoms with Gasteiger partial charge in [0.25, 0.3) is 0 Å². The average Bonchev–Trinajstić information content (AvgIpc) is 3.09. The molecule has 24 heavy (non-hydrogen) atoms. The fourth-order valence-electron chi connectivity index (χ4n) is 2.25. The molecule has 2 aromatic carbocycles. The molecule has 0 saturated carbocycles. The second-order valence-electron chi connectivity index (χ2n) is 5.51. The summed E-state index contributed by atoms with van der Waals surface area (Å²) in [7, 11) is 0. The molecular formula is C19H21N3O2. The number of anilines is 1. The minimum Gasteiger partial charge on any atom is -0.494 e. The van der Waals surface area contributed by atoms with Crippen LogP contribution in [0.4, 0.5) is 5.69 Å². The molecule has 0 radical (unpaired) electrons. The van der Waals surface area contributed by atoms with E-state index in [1.54, 1.807) is 0 Å². The number of nitrogens with zero attached hydrogens (tertiary/aromatic N) is 1. The number of benzene rings is 2. The summed E-state index contributed by atoms with van der Waals surface area (Å²) in [5.74, 6) is 1.65. The Hall–Kier alpha value is -2.95. The lowest BCUT2D eigenvalue weighted by molar-refractivity contribution is 0.301. The summed E-state index contributed by atoms with van der Waals surface area (Å²) in [5, 5.41) is 7.34. The van der Waals surface area contributed by atoms with Crippen LogP contribution in [0.15, 0.2) is 54.6 Å². The van der Waals surface area contributed by atoms with E-state index in [-0.39, 0.29) is 0 Å². The molecule has 124 valence electrons. The summed E-state index contributed by atoms with van der Waals surface area (Å²) in [6, 6.07) is 17.3. The Kier molecular flexibility index (Phi) is 5.01. The Morgan fingerprint density at radius 1 is 0.958 bits per heavy atom. The first kappa shape index (κ1) is 15.9. The zero-order chi connectivity index (χ0) is 16.8. The maximum absolute atomic E-state index is 5.71. The summed E-state index contributed by atoms with van der Waals surface area (Å²) >= 11 is 0. The van der Waals surface area contributed by atoms with Crippen LogP contribution in [0.25, 0.3) is 11.3 Å². The van der Waals surface area contributed by atoms with E-state index in [0.29, 0.717) is 6.61 Å². The van der Waals surface area contributed by atoms with E-state index in [4.69, 9.17) is 15.2 Å². The number of hydrogen-bond acceptors (Lipinski definition) is 4. The van der Waals surface area contributed by atoms with Crippen LogP contribution in [0.1, 0.15) is 19.0 Å². The van der Waals surface area contributed by atoms with Crippen LogP contribution in [0, 0.1) is 0 Å². The third kappa shape index (κ3) is 4.07. The van der Waals surface area contributed by atoms with Crippen molar-refractivity contribution in [3.63, 3.8) is 0 Å². The predicted octanol–water partition coefficient (Wildman–Crippen LogP) is 4.03. The highest BCUT2D eigenvalue weighted by Crippen LogP contribution is 2.22. The van der Waals surface area contributed by atoms with Crippen molar-refractivity contribution in [2.75, 3.05) is 12.3 Å². The van der Waals surface area contributed by atoms with Gasteiger partial charge in [-0.2, -0.15) is 5.10 Å². The second kappa shape index (κ2) is 7.55. The van der Waals surface area contributed by atoms with E-state index < -0.39 is 0 Å². The summed E-state index contributed by atoms with van der Waals surface area (Å²) in [4.78, 5) is 0. The highest BCUT2D eigenvalue weighted by molar-refractivity contribution is 5.60. The number of rotatable bonds is 7. The monoisotopic (exact) mass is 323 g/mol. The van der Waals surface area contributed by atoms with Gasteiger partial charge < -0.3 is 15.2 Å². The second-order valence-corrected chi connectivity index (χ2v) is 5.51. The standard InChI is InChI=1S/C19H21N3O2/c1-2-11-23-17-7-3-14(4-8-17)19-12-16(21-22-19)13-24-18-9-5-15(20)6-10-18/h3-10,12H,2,11,13,20H2,1H3,(H,21,22). The molecule has 0 aliphatic rings.